The van der Waals surface area contributed by atoms with Gasteiger partial charge in [0.25, 0.3) is 0 Å². The van der Waals surface area contributed by atoms with E-state index < -0.39 is 0 Å². The number of likely N-dealkylation sites (tertiary alicyclic amines) is 1. The minimum Gasteiger partial charge on any atom is -0.377 e. The van der Waals surface area contributed by atoms with Gasteiger partial charge in [0.05, 0.1) is 0 Å². The number of nitrogens with zero attached hydrogens (tertiary/aromatic N) is 4. The Hall–Kier alpha value is -1.85. The number of aromatic nitrogens is 3. The third kappa shape index (κ3) is 3.00. The Morgan fingerprint density at radius 2 is 1.90 bits per heavy atom. The van der Waals surface area contributed by atoms with E-state index in [9.17, 15) is 0 Å². The fourth-order valence-electron chi connectivity index (χ4n) is 2.47. The summed E-state index contributed by atoms with van der Waals surface area (Å²) in [7, 11) is 1.65. The average molecular weight is 270 g/mol. The Bertz CT molecular complexity index is 538. The highest BCUT2D eigenvalue weighted by Gasteiger charge is 2.27. The van der Waals surface area contributed by atoms with Crippen molar-refractivity contribution in [2.75, 3.05) is 20.2 Å². The zero-order chi connectivity index (χ0) is 13.8. The zero-order valence-corrected chi connectivity index (χ0v) is 11.6. The Balaban J connectivity index is 1.51. The van der Waals surface area contributed by atoms with Gasteiger partial charge >= 0.3 is 0 Å². The molecule has 3 heterocycles. The van der Waals surface area contributed by atoms with E-state index >= 15 is 0 Å². The van der Waals surface area contributed by atoms with Crippen LogP contribution in [0.5, 0.6) is 0 Å². The van der Waals surface area contributed by atoms with Crippen LogP contribution >= 0.6 is 0 Å². The predicted molar refractivity (Wildman–Crippen MR) is 75.0 cm³/mol. The molecule has 0 N–H and O–H groups in total. The molecule has 2 aromatic rings. The third-order valence-electron chi connectivity index (χ3n) is 3.57. The Kier molecular flexibility index (Phi) is 3.99. The first-order valence-corrected chi connectivity index (χ1v) is 6.76. The predicted octanol–water partition coefficient (Wildman–Crippen LogP) is 1.62. The van der Waals surface area contributed by atoms with Crippen molar-refractivity contribution in [1.82, 2.24) is 19.9 Å². The van der Waals surface area contributed by atoms with E-state index in [1.165, 1.54) is 5.56 Å². The van der Waals surface area contributed by atoms with Crippen LogP contribution in [0.25, 0.3) is 0 Å². The molecule has 0 saturated carbocycles. The van der Waals surface area contributed by atoms with Gasteiger partial charge in [-0.1, -0.05) is 0 Å². The first-order chi connectivity index (χ1) is 9.85. The van der Waals surface area contributed by atoms with E-state index in [-0.39, 0.29) is 0 Å². The number of pyridine rings is 1. The number of hydrogen-bond acceptors (Lipinski definition) is 5. The molecule has 0 aromatic carbocycles. The van der Waals surface area contributed by atoms with Crippen LogP contribution in [0.15, 0.2) is 36.9 Å². The minimum atomic E-state index is 0.466. The summed E-state index contributed by atoms with van der Waals surface area (Å²) in [4.78, 5) is 15.0. The van der Waals surface area contributed by atoms with Gasteiger partial charge < -0.3 is 4.74 Å². The molecule has 0 radical (unpaired) electrons. The van der Waals surface area contributed by atoms with Gasteiger partial charge in [0.2, 0.25) is 0 Å². The molecule has 1 aliphatic heterocycles. The number of rotatable bonds is 5. The molecule has 0 amide bonds. The van der Waals surface area contributed by atoms with Crippen molar-refractivity contribution in [2.45, 2.75) is 19.1 Å². The van der Waals surface area contributed by atoms with Gasteiger partial charge in [-0.05, 0) is 17.7 Å². The van der Waals surface area contributed by atoms with Crippen molar-refractivity contribution in [3.05, 3.63) is 53.9 Å². The first kappa shape index (κ1) is 13.1. The minimum absolute atomic E-state index is 0.466. The summed E-state index contributed by atoms with van der Waals surface area (Å²) < 4.78 is 5.00. The highest BCUT2D eigenvalue weighted by molar-refractivity contribution is 5.20. The van der Waals surface area contributed by atoms with Gasteiger partial charge in [-0.15, -0.1) is 0 Å². The van der Waals surface area contributed by atoms with Gasteiger partial charge in [-0.25, -0.2) is 9.97 Å². The summed E-state index contributed by atoms with van der Waals surface area (Å²) in [5.41, 5.74) is 2.53. The fourth-order valence-corrected chi connectivity index (χ4v) is 2.47. The highest BCUT2D eigenvalue weighted by Crippen LogP contribution is 2.27. The van der Waals surface area contributed by atoms with Crippen LogP contribution in [0.1, 0.15) is 22.9 Å². The van der Waals surface area contributed by atoms with Crippen molar-refractivity contribution in [3.8, 4) is 0 Å². The lowest BCUT2D eigenvalue weighted by atomic mass is 9.92. The standard InChI is InChI=1S/C15H18N4O/c1-20-11-15-17-6-12(7-18-15)8-19-9-14(10-19)13-2-4-16-5-3-13/h2-7,14H,8-11H2,1H3. The summed E-state index contributed by atoms with van der Waals surface area (Å²) >= 11 is 0. The molecule has 0 bridgehead atoms. The zero-order valence-electron chi connectivity index (χ0n) is 11.6. The molecule has 0 atom stereocenters. The van der Waals surface area contributed by atoms with Gasteiger partial charge in [-0.2, -0.15) is 0 Å². The van der Waals surface area contributed by atoms with Crippen LogP contribution in [0.4, 0.5) is 0 Å². The summed E-state index contributed by atoms with van der Waals surface area (Å²) in [6.07, 6.45) is 7.50. The number of hydrogen-bond donors (Lipinski definition) is 0. The van der Waals surface area contributed by atoms with Gasteiger partial charge in [0.15, 0.2) is 5.82 Å². The molecule has 20 heavy (non-hydrogen) atoms. The average Bonchev–Trinajstić information content (AvgIpc) is 2.45. The molecule has 104 valence electrons. The fraction of sp³-hybridized carbons (Fsp3) is 0.400. The monoisotopic (exact) mass is 270 g/mol. The van der Waals surface area contributed by atoms with Crippen LogP contribution in [0, 0.1) is 0 Å². The van der Waals surface area contributed by atoms with Gasteiger partial charge in [0, 0.05) is 63.0 Å². The van der Waals surface area contributed by atoms with E-state index in [0.29, 0.717) is 12.5 Å². The van der Waals surface area contributed by atoms with Crippen molar-refractivity contribution >= 4 is 0 Å². The van der Waals surface area contributed by atoms with Gasteiger partial charge in [0.1, 0.15) is 6.61 Å². The molecule has 5 nitrogen and oxygen atoms in total. The molecular weight excluding hydrogens is 252 g/mol. The molecule has 1 saturated heterocycles. The molecule has 1 fully saturated rings. The van der Waals surface area contributed by atoms with Crippen LogP contribution in [-0.4, -0.2) is 40.1 Å². The quantitative estimate of drug-likeness (QED) is 0.826. The Labute approximate surface area is 118 Å². The summed E-state index contributed by atoms with van der Waals surface area (Å²) in [6, 6.07) is 4.20. The lowest BCUT2D eigenvalue weighted by molar-refractivity contribution is 0.139. The number of ether oxygens (including phenoxy) is 1. The highest BCUT2D eigenvalue weighted by atomic mass is 16.5. The molecule has 1 aliphatic rings. The van der Waals surface area contributed by atoms with E-state index in [4.69, 9.17) is 4.74 Å². The second kappa shape index (κ2) is 6.07. The van der Waals surface area contributed by atoms with Crippen molar-refractivity contribution in [1.29, 1.82) is 0 Å². The second-order valence-corrected chi connectivity index (χ2v) is 5.11. The van der Waals surface area contributed by atoms with E-state index in [1.807, 2.05) is 24.8 Å². The van der Waals surface area contributed by atoms with Crippen LogP contribution in [0.3, 0.4) is 0 Å². The van der Waals surface area contributed by atoms with E-state index in [2.05, 4.69) is 32.0 Å². The maximum atomic E-state index is 5.00. The molecular formula is C15H18N4O. The second-order valence-electron chi connectivity index (χ2n) is 5.11. The largest absolute Gasteiger partial charge is 0.377 e. The summed E-state index contributed by atoms with van der Waals surface area (Å²) in [5, 5.41) is 0. The van der Waals surface area contributed by atoms with E-state index in [1.54, 1.807) is 7.11 Å². The SMILES string of the molecule is COCc1ncc(CN2CC(c3ccncc3)C2)cn1. The van der Waals surface area contributed by atoms with Crippen LogP contribution in [-0.2, 0) is 17.9 Å². The topological polar surface area (TPSA) is 51.1 Å². The number of methoxy groups -OCH3 is 1. The lowest BCUT2D eigenvalue weighted by Crippen LogP contribution is -2.44. The van der Waals surface area contributed by atoms with Crippen molar-refractivity contribution in [3.63, 3.8) is 0 Å². The molecule has 2 aromatic heterocycles. The van der Waals surface area contributed by atoms with Crippen molar-refractivity contribution in [2.24, 2.45) is 0 Å². The first-order valence-electron chi connectivity index (χ1n) is 6.76. The molecule has 0 spiro atoms. The molecule has 5 heteroatoms. The smallest absolute Gasteiger partial charge is 0.153 e. The van der Waals surface area contributed by atoms with Crippen LogP contribution < -0.4 is 0 Å². The van der Waals surface area contributed by atoms with E-state index in [0.717, 1.165) is 31.0 Å². The van der Waals surface area contributed by atoms with Crippen molar-refractivity contribution < 1.29 is 4.74 Å². The normalized spacial score (nSPS) is 16.1. The maximum Gasteiger partial charge on any atom is 0.153 e. The molecule has 0 aliphatic carbocycles. The summed E-state index contributed by atoms with van der Waals surface area (Å²) in [6.45, 7) is 3.55. The molecule has 3 rings (SSSR count). The van der Waals surface area contributed by atoms with Crippen LogP contribution in [0.2, 0.25) is 0 Å². The Morgan fingerprint density at radius 3 is 2.55 bits per heavy atom. The third-order valence-corrected chi connectivity index (χ3v) is 3.57. The molecule has 0 unspecified atom stereocenters. The van der Waals surface area contributed by atoms with Gasteiger partial charge in [-0.3, -0.25) is 9.88 Å². The lowest BCUT2D eigenvalue weighted by Gasteiger charge is -2.39. The maximum absolute atomic E-state index is 5.00. The summed E-state index contributed by atoms with van der Waals surface area (Å²) in [5.74, 6) is 1.36. The Morgan fingerprint density at radius 1 is 1.20 bits per heavy atom.